The van der Waals surface area contributed by atoms with E-state index in [4.69, 9.17) is 10.3 Å². The predicted molar refractivity (Wildman–Crippen MR) is 44.4 cm³/mol. The number of pyridine rings is 1. The summed E-state index contributed by atoms with van der Waals surface area (Å²) in [5.74, 6) is 0.309. The summed E-state index contributed by atoms with van der Waals surface area (Å²) >= 11 is 0. The molecule has 2 heterocycles. The van der Waals surface area contributed by atoms with Crippen LogP contribution >= 0.6 is 0 Å². The first-order chi connectivity index (χ1) is 6.34. The molecule has 14 heavy (non-hydrogen) atoms. The van der Waals surface area contributed by atoms with Gasteiger partial charge in [-0.2, -0.15) is 0 Å². The molecule has 2 aromatic rings. The summed E-state index contributed by atoms with van der Waals surface area (Å²) in [6.45, 7) is 0.620. The van der Waals surface area contributed by atoms with Crippen molar-refractivity contribution in [3.05, 3.63) is 36.3 Å². The number of anilines is 1. The lowest BCUT2D eigenvalue weighted by Crippen LogP contribution is -3.00. The highest BCUT2D eigenvalue weighted by molar-refractivity contribution is 5.12. The zero-order chi connectivity index (χ0) is 9.10. The molecule has 2 N–H and O–H groups in total. The Balaban J connectivity index is 0.000000980. The number of hydrogen-bond acceptors (Lipinski definition) is 4. The summed E-state index contributed by atoms with van der Waals surface area (Å²) in [6.07, 6.45) is 5.14. The Bertz CT molecular complexity index is 389. The van der Waals surface area contributed by atoms with Gasteiger partial charge in [-0.05, 0) is 16.8 Å². The standard InChI is InChI=1S/C8H9N4O.ClH/c9-8-6-12(11-13-8)5-7-2-1-3-10-4-7;/h1-4,6H,5,9H2;1H/q+1;/p-1. The minimum absolute atomic E-state index is 0. The van der Waals surface area contributed by atoms with Crippen molar-refractivity contribution >= 4 is 5.88 Å². The molecular weight excluding hydrogens is 204 g/mol. The molecule has 0 spiro atoms. The Kier molecular flexibility index (Phi) is 3.41. The minimum atomic E-state index is 0. The summed E-state index contributed by atoms with van der Waals surface area (Å²) in [5, 5.41) is 3.70. The molecule has 0 fully saturated rings. The monoisotopic (exact) mass is 212 g/mol. The number of rotatable bonds is 2. The summed E-state index contributed by atoms with van der Waals surface area (Å²) < 4.78 is 6.32. The highest BCUT2D eigenvalue weighted by Gasteiger charge is 2.08. The Morgan fingerprint density at radius 3 is 2.93 bits per heavy atom. The third-order valence-electron chi connectivity index (χ3n) is 1.59. The summed E-state index contributed by atoms with van der Waals surface area (Å²) in [6, 6.07) is 3.84. The van der Waals surface area contributed by atoms with Gasteiger partial charge in [0.15, 0.2) is 0 Å². The van der Waals surface area contributed by atoms with Gasteiger partial charge in [0, 0.05) is 18.0 Å². The minimum Gasteiger partial charge on any atom is -1.00 e. The molecule has 74 valence electrons. The Morgan fingerprint density at radius 2 is 2.36 bits per heavy atom. The van der Waals surface area contributed by atoms with Gasteiger partial charge in [-0.3, -0.25) is 9.51 Å². The highest BCUT2D eigenvalue weighted by Crippen LogP contribution is 1.96. The van der Waals surface area contributed by atoms with Crippen molar-refractivity contribution in [3.8, 4) is 0 Å². The quantitative estimate of drug-likeness (QED) is 0.539. The summed E-state index contributed by atoms with van der Waals surface area (Å²) in [7, 11) is 0. The second kappa shape index (κ2) is 4.57. The molecule has 0 saturated carbocycles. The van der Waals surface area contributed by atoms with Crippen molar-refractivity contribution in [2.75, 3.05) is 5.73 Å². The SMILES string of the molecule is Nc1c[n+](Cc2cccnc2)no1.[Cl-]. The van der Waals surface area contributed by atoms with Crippen LogP contribution in [-0.4, -0.2) is 10.3 Å². The maximum absolute atomic E-state index is 5.37. The fraction of sp³-hybridized carbons (Fsp3) is 0.125. The van der Waals surface area contributed by atoms with Crippen molar-refractivity contribution in [3.63, 3.8) is 0 Å². The molecule has 0 aliphatic carbocycles. The molecule has 0 atom stereocenters. The lowest BCUT2D eigenvalue weighted by molar-refractivity contribution is -0.754. The van der Waals surface area contributed by atoms with E-state index in [0.717, 1.165) is 5.56 Å². The fourth-order valence-electron chi connectivity index (χ4n) is 1.05. The van der Waals surface area contributed by atoms with E-state index in [2.05, 4.69) is 10.3 Å². The molecule has 6 heteroatoms. The van der Waals surface area contributed by atoms with Gasteiger partial charge in [-0.25, -0.2) is 0 Å². The van der Waals surface area contributed by atoms with Crippen LogP contribution in [0.15, 0.2) is 35.2 Å². The van der Waals surface area contributed by atoms with Crippen molar-refractivity contribution in [1.29, 1.82) is 0 Å². The normalized spacial score (nSPS) is 9.43. The second-order valence-electron chi connectivity index (χ2n) is 2.66. The largest absolute Gasteiger partial charge is 1.00 e. The van der Waals surface area contributed by atoms with E-state index < -0.39 is 0 Å². The number of hydrogen-bond donors (Lipinski definition) is 1. The Morgan fingerprint density at radius 1 is 1.50 bits per heavy atom. The third-order valence-corrected chi connectivity index (χ3v) is 1.59. The van der Waals surface area contributed by atoms with Crippen LogP contribution < -0.4 is 22.8 Å². The van der Waals surface area contributed by atoms with Gasteiger partial charge < -0.3 is 18.1 Å². The van der Waals surface area contributed by atoms with Crippen molar-refractivity contribution in [1.82, 2.24) is 10.3 Å². The Labute approximate surface area is 86.9 Å². The van der Waals surface area contributed by atoms with Crippen molar-refractivity contribution < 1.29 is 21.6 Å². The molecule has 0 aliphatic heterocycles. The molecule has 0 aromatic carbocycles. The predicted octanol–water partition coefficient (Wildman–Crippen LogP) is -3.01. The first-order valence-corrected chi connectivity index (χ1v) is 3.85. The van der Waals surface area contributed by atoms with Gasteiger partial charge in [-0.1, -0.05) is 0 Å². The van der Waals surface area contributed by atoms with Crippen LogP contribution in [0, 0.1) is 0 Å². The maximum atomic E-state index is 5.37. The molecule has 0 aliphatic rings. The maximum Gasteiger partial charge on any atom is 0.293 e. The molecule has 0 radical (unpaired) electrons. The molecular formula is C8H9ClN4O. The number of halogens is 1. The van der Waals surface area contributed by atoms with E-state index in [1.165, 1.54) is 0 Å². The molecule has 0 unspecified atom stereocenters. The van der Waals surface area contributed by atoms with E-state index in [1.54, 1.807) is 23.3 Å². The zero-order valence-electron chi connectivity index (χ0n) is 7.30. The Hall–Kier alpha value is -1.62. The highest BCUT2D eigenvalue weighted by atomic mass is 35.5. The van der Waals surface area contributed by atoms with Gasteiger partial charge in [0.1, 0.15) is 0 Å². The average Bonchev–Trinajstić information content (AvgIpc) is 2.53. The van der Waals surface area contributed by atoms with E-state index in [0.29, 0.717) is 12.4 Å². The third kappa shape index (κ3) is 2.43. The van der Waals surface area contributed by atoms with E-state index in [1.807, 2.05) is 12.1 Å². The first-order valence-electron chi connectivity index (χ1n) is 3.85. The molecule has 0 bridgehead atoms. The molecule has 0 saturated heterocycles. The molecule has 5 nitrogen and oxygen atoms in total. The number of nitrogens with zero attached hydrogens (tertiary/aromatic N) is 3. The van der Waals surface area contributed by atoms with E-state index in [-0.39, 0.29) is 12.4 Å². The van der Waals surface area contributed by atoms with Crippen LogP contribution in [0.5, 0.6) is 0 Å². The first kappa shape index (κ1) is 10.5. The van der Waals surface area contributed by atoms with Crippen molar-refractivity contribution in [2.45, 2.75) is 6.54 Å². The topological polar surface area (TPSA) is 68.8 Å². The molecule has 2 rings (SSSR count). The van der Waals surface area contributed by atoms with Crippen LogP contribution in [0.1, 0.15) is 5.56 Å². The smallest absolute Gasteiger partial charge is 0.293 e. The summed E-state index contributed by atoms with van der Waals surface area (Å²) in [4.78, 5) is 3.98. The lowest BCUT2D eigenvalue weighted by Gasteiger charge is -1.88. The lowest BCUT2D eigenvalue weighted by atomic mass is 10.3. The van der Waals surface area contributed by atoms with Gasteiger partial charge in [0.2, 0.25) is 11.8 Å². The van der Waals surface area contributed by atoms with Crippen LogP contribution in [0.25, 0.3) is 0 Å². The molecule has 2 aromatic heterocycles. The van der Waals surface area contributed by atoms with Crippen LogP contribution in [-0.2, 0) is 6.54 Å². The number of nitrogens with two attached hydrogens (primary N) is 1. The number of nitrogen functional groups attached to an aromatic ring is 1. The molecule has 0 amide bonds. The van der Waals surface area contributed by atoms with Gasteiger partial charge >= 0.3 is 0 Å². The van der Waals surface area contributed by atoms with Crippen LogP contribution in [0.2, 0.25) is 0 Å². The van der Waals surface area contributed by atoms with Crippen LogP contribution in [0.3, 0.4) is 0 Å². The average molecular weight is 213 g/mol. The van der Waals surface area contributed by atoms with Gasteiger partial charge in [0.05, 0.1) is 0 Å². The van der Waals surface area contributed by atoms with Gasteiger partial charge in [0.25, 0.3) is 12.1 Å². The van der Waals surface area contributed by atoms with Crippen LogP contribution in [0.4, 0.5) is 5.88 Å². The van der Waals surface area contributed by atoms with Crippen molar-refractivity contribution in [2.24, 2.45) is 0 Å². The summed E-state index contributed by atoms with van der Waals surface area (Å²) in [5.41, 5.74) is 6.42. The second-order valence-corrected chi connectivity index (χ2v) is 2.66. The van der Waals surface area contributed by atoms with E-state index in [9.17, 15) is 0 Å². The van der Waals surface area contributed by atoms with E-state index >= 15 is 0 Å². The van der Waals surface area contributed by atoms with Gasteiger partial charge in [-0.15, -0.1) is 0 Å². The fourth-order valence-corrected chi connectivity index (χ4v) is 1.05. The number of aromatic nitrogens is 3. The zero-order valence-corrected chi connectivity index (χ0v) is 8.05.